The lowest BCUT2D eigenvalue weighted by molar-refractivity contribution is -0.379. The average molecular weight is 974 g/mol. The molecule has 1 amide bonds. The second kappa shape index (κ2) is 34.0. The van der Waals surface area contributed by atoms with Gasteiger partial charge in [-0.3, -0.25) is 4.79 Å². The Kier molecular flexibility index (Phi) is 29.9. The molecule has 0 aromatic rings. The number of aliphatic hydroxyl groups excluding tert-OH is 11. The van der Waals surface area contributed by atoms with E-state index in [1.807, 2.05) is 6.08 Å². The third-order valence-corrected chi connectivity index (χ3v) is 12.1. The molecule has 17 unspecified atom stereocenters. The van der Waals surface area contributed by atoms with E-state index in [1.165, 1.54) is 12.8 Å². The van der Waals surface area contributed by atoms with Crippen LogP contribution in [0.5, 0.6) is 0 Å². The Morgan fingerprint density at radius 2 is 1.01 bits per heavy atom. The second-order valence-corrected chi connectivity index (χ2v) is 17.5. The quantitative estimate of drug-likeness (QED) is 0.0330. The van der Waals surface area contributed by atoms with Crippen LogP contribution in [0.2, 0.25) is 0 Å². The standard InChI is InChI=1S/C49H83NO18/c1-3-5-7-9-11-13-14-15-16-17-18-19-21-23-25-27-37(55)50-32(33(54)26-24-22-20-12-10-8-6-4-2)31-63-47-43(61)40(58)45(35(29-52)65-47)68-49-44(62)41(59)46(36(30-53)66-49)67-48-42(60)39(57)38(56)34(28-51)64-48/h5,7,11,13,15-16,18-19,24,26,32-36,38-49,51-54,56-62H,3-4,6,8-10,12,14,17,20-23,25,27-31H2,1-2H3,(H,50,55)/b7-5-,13-11-,16-15-,19-18-,26-24+. The molecule has 3 aliphatic heterocycles. The SMILES string of the molecule is CC/C=C\C/C=C\C/C=C\C/C=C\CCCCC(=O)NC(COC1OC(CO)C(OC2OC(CO)C(OC3OC(CO)C(O)C(O)C3O)C(O)C2O)C(O)C1O)C(O)/C=C/CCCCCCCC. The first-order chi connectivity index (χ1) is 32.8. The lowest BCUT2D eigenvalue weighted by atomic mass is 9.96. The number of carbonyl (C=O) groups is 1. The average Bonchev–Trinajstić information content (AvgIpc) is 3.33. The number of ether oxygens (including phenoxy) is 6. The van der Waals surface area contributed by atoms with Crippen LogP contribution in [-0.4, -0.2) is 193 Å². The van der Waals surface area contributed by atoms with Crippen molar-refractivity contribution in [3.05, 3.63) is 60.8 Å². The monoisotopic (exact) mass is 974 g/mol. The Bertz CT molecular complexity index is 1490. The minimum absolute atomic E-state index is 0.187. The first-order valence-electron chi connectivity index (χ1n) is 24.5. The molecule has 0 aromatic heterocycles. The highest BCUT2D eigenvalue weighted by atomic mass is 16.8. The first kappa shape index (κ1) is 59.8. The van der Waals surface area contributed by atoms with Gasteiger partial charge in [0.15, 0.2) is 18.9 Å². The molecular formula is C49H83NO18. The zero-order valence-electron chi connectivity index (χ0n) is 39.8. The highest BCUT2D eigenvalue weighted by molar-refractivity contribution is 5.76. The topological polar surface area (TPSA) is 307 Å². The normalized spacial score (nSPS) is 33.7. The molecule has 0 aromatic carbocycles. The van der Waals surface area contributed by atoms with Crippen LogP contribution in [0.1, 0.15) is 110 Å². The lowest BCUT2D eigenvalue weighted by Gasteiger charge is -2.48. The van der Waals surface area contributed by atoms with Crippen LogP contribution in [0.25, 0.3) is 0 Å². The molecule has 3 heterocycles. The van der Waals surface area contributed by atoms with Gasteiger partial charge in [0, 0.05) is 6.42 Å². The Hall–Kier alpha value is -2.51. The summed E-state index contributed by atoms with van der Waals surface area (Å²) < 4.78 is 34.0. The number of nitrogens with one attached hydrogen (secondary N) is 1. The van der Waals surface area contributed by atoms with Gasteiger partial charge in [-0.15, -0.1) is 0 Å². The van der Waals surface area contributed by atoms with E-state index in [0.29, 0.717) is 6.42 Å². The molecule has 19 heteroatoms. The number of carbonyl (C=O) groups excluding carboxylic acids is 1. The summed E-state index contributed by atoms with van der Waals surface area (Å²) in [7, 11) is 0. The van der Waals surface area contributed by atoms with Gasteiger partial charge in [-0.25, -0.2) is 0 Å². The number of rotatable bonds is 32. The molecule has 0 spiro atoms. The number of unbranched alkanes of at least 4 members (excludes halogenated alkanes) is 8. The molecule has 0 aliphatic carbocycles. The van der Waals surface area contributed by atoms with Crippen LogP contribution in [-0.2, 0) is 33.2 Å². The number of hydrogen-bond donors (Lipinski definition) is 12. The number of hydrogen-bond acceptors (Lipinski definition) is 18. The Balaban J connectivity index is 1.58. The fourth-order valence-corrected chi connectivity index (χ4v) is 7.94. The van der Waals surface area contributed by atoms with E-state index >= 15 is 0 Å². The molecule has 392 valence electrons. The zero-order valence-corrected chi connectivity index (χ0v) is 39.8. The maximum Gasteiger partial charge on any atom is 0.220 e. The third kappa shape index (κ3) is 19.9. The van der Waals surface area contributed by atoms with Crippen LogP contribution in [0.3, 0.4) is 0 Å². The highest BCUT2D eigenvalue weighted by Gasteiger charge is 2.53. The van der Waals surface area contributed by atoms with E-state index < -0.39 is 124 Å². The van der Waals surface area contributed by atoms with Crippen LogP contribution in [0, 0.1) is 0 Å². The molecule has 19 nitrogen and oxygen atoms in total. The summed E-state index contributed by atoms with van der Waals surface area (Å²) >= 11 is 0. The highest BCUT2D eigenvalue weighted by Crippen LogP contribution is 2.33. The molecule has 0 bridgehead atoms. The maximum atomic E-state index is 13.1. The Morgan fingerprint density at radius 3 is 1.59 bits per heavy atom. The molecule has 68 heavy (non-hydrogen) atoms. The van der Waals surface area contributed by atoms with E-state index in [2.05, 4.69) is 67.8 Å². The van der Waals surface area contributed by atoms with Crippen molar-refractivity contribution in [3.8, 4) is 0 Å². The summed E-state index contributed by atoms with van der Waals surface area (Å²) in [5.41, 5.74) is 0. The van der Waals surface area contributed by atoms with E-state index in [-0.39, 0.29) is 18.9 Å². The molecule has 0 radical (unpaired) electrons. The third-order valence-electron chi connectivity index (χ3n) is 12.1. The second-order valence-electron chi connectivity index (χ2n) is 17.5. The van der Waals surface area contributed by atoms with E-state index in [1.54, 1.807) is 6.08 Å². The zero-order chi connectivity index (χ0) is 49.8. The molecule has 0 saturated carbocycles. The van der Waals surface area contributed by atoms with Crippen molar-refractivity contribution in [1.82, 2.24) is 5.32 Å². The minimum Gasteiger partial charge on any atom is -0.394 e. The molecule has 3 aliphatic rings. The van der Waals surface area contributed by atoms with Gasteiger partial charge in [0.05, 0.1) is 38.6 Å². The van der Waals surface area contributed by atoms with Gasteiger partial charge in [0.1, 0.15) is 73.2 Å². The van der Waals surface area contributed by atoms with Crippen molar-refractivity contribution >= 4 is 5.91 Å². The molecule has 17 atom stereocenters. The van der Waals surface area contributed by atoms with Gasteiger partial charge in [0.25, 0.3) is 0 Å². The van der Waals surface area contributed by atoms with Crippen molar-refractivity contribution in [2.75, 3.05) is 26.4 Å². The summed E-state index contributed by atoms with van der Waals surface area (Å²) in [6, 6.07) is -0.993. The summed E-state index contributed by atoms with van der Waals surface area (Å²) in [6.07, 6.45) is 6.88. The summed E-state index contributed by atoms with van der Waals surface area (Å²) in [4.78, 5) is 13.1. The van der Waals surface area contributed by atoms with Crippen LogP contribution >= 0.6 is 0 Å². The largest absolute Gasteiger partial charge is 0.394 e. The molecule has 3 saturated heterocycles. The van der Waals surface area contributed by atoms with Crippen molar-refractivity contribution in [2.24, 2.45) is 0 Å². The minimum atomic E-state index is -1.98. The van der Waals surface area contributed by atoms with Crippen LogP contribution in [0.4, 0.5) is 0 Å². The van der Waals surface area contributed by atoms with Gasteiger partial charge in [-0.1, -0.05) is 107 Å². The van der Waals surface area contributed by atoms with Crippen LogP contribution in [0.15, 0.2) is 60.8 Å². The smallest absolute Gasteiger partial charge is 0.220 e. The Labute approximate surface area is 401 Å². The predicted octanol–water partition coefficient (Wildman–Crippen LogP) is 0.969. The van der Waals surface area contributed by atoms with Crippen molar-refractivity contribution in [3.63, 3.8) is 0 Å². The van der Waals surface area contributed by atoms with Crippen molar-refractivity contribution in [1.29, 1.82) is 0 Å². The summed E-state index contributed by atoms with van der Waals surface area (Å²) in [5, 5.41) is 119. The van der Waals surface area contributed by atoms with E-state index in [0.717, 1.165) is 70.6 Å². The molecule has 3 rings (SSSR count). The Morgan fingerprint density at radius 1 is 0.544 bits per heavy atom. The lowest BCUT2D eigenvalue weighted by Crippen LogP contribution is -2.66. The van der Waals surface area contributed by atoms with Crippen molar-refractivity contribution in [2.45, 2.75) is 214 Å². The number of allylic oxidation sites excluding steroid dienone is 9. The van der Waals surface area contributed by atoms with E-state index in [4.69, 9.17) is 28.4 Å². The predicted molar refractivity (Wildman–Crippen MR) is 249 cm³/mol. The molecule has 12 N–H and O–H groups in total. The van der Waals surface area contributed by atoms with Gasteiger partial charge < -0.3 is 89.9 Å². The molecule has 3 fully saturated rings. The summed E-state index contributed by atoms with van der Waals surface area (Å²) in [6.45, 7) is 1.46. The van der Waals surface area contributed by atoms with Gasteiger partial charge in [-0.2, -0.15) is 0 Å². The van der Waals surface area contributed by atoms with Crippen LogP contribution < -0.4 is 5.32 Å². The number of amides is 1. The maximum absolute atomic E-state index is 13.1. The fraction of sp³-hybridized carbons (Fsp3) is 0.776. The first-order valence-corrected chi connectivity index (χ1v) is 24.5. The molecular weight excluding hydrogens is 891 g/mol. The van der Waals surface area contributed by atoms with Gasteiger partial charge in [-0.05, 0) is 57.8 Å². The number of aliphatic hydroxyl groups is 11. The van der Waals surface area contributed by atoms with E-state index in [9.17, 15) is 61.0 Å². The van der Waals surface area contributed by atoms with Gasteiger partial charge in [0.2, 0.25) is 5.91 Å². The fourth-order valence-electron chi connectivity index (χ4n) is 7.94. The van der Waals surface area contributed by atoms with Crippen molar-refractivity contribution < 1.29 is 89.4 Å². The summed E-state index contributed by atoms with van der Waals surface area (Å²) in [5.74, 6) is -0.325. The van der Waals surface area contributed by atoms with Gasteiger partial charge >= 0.3 is 0 Å².